The molecule has 1 saturated carbocycles. The minimum absolute atomic E-state index is 0.000986. The Kier molecular flexibility index (Phi) is 8.22. The van der Waals surface area contributed by atoms with E-state index in [1.165, 1.54) is 26.3 Å². The van der Waals surface area contributed by atoms with Crippen molar-refractivity contribution in [3.63, 3.8) is 0 Å². The van der Waals surface area contributed by atoms with Gasteiger partial charge < -0.3 is 24.9 Å². The van der Waals surface area contributed by atoms with Gasteiger partial charge >= 0.3 is 13.2 Å². The summed E-state index contributed by atoms with van der Waals surface area (Å²) < 4.78 is 33.6. The van der Waals surface area contributed by atoms with Gasteiger partial charge in [0.05, 0.1) is 24.7 Å². The van der Waals surface area contributed by atoms with Crippen LogP contribution in [-0.2, 0) is 18.3 Å². The highest BCUT2D eigenvalue weighted by Gasteiger charge is 2.36. The molecular weight excluding hydrogens is 463 g/mol. The maximum absolute atomic E-state index is 13.6. The van der Waals surface area contributed by atoms with Gasteiger partial charge in [0.15, 0.2) is 11.2 Å². The zero-order chi connectivity index (χ0) is 24.1. The number of nitrogens with two attached hydrogens (primary N) is 2. The summed E-state index contributed by atoms with van der Waals surface area (Å²) in [5.74, 6) is 11.1. The van der Waals surface area contributed by atoms with Gasteiger partial charge in [0.25, 0.3) is 0 Å². The lowest BCUT2D eigenvalue weighted by atomic mass is 10.1. The second kappa shape index (κ2) is 11.1. The summed E-state index contributed by atoms with van der Waals surface area (Å²) in [5.41, 5.74) is 2.08. The number of nitrogen functional groups attached to an aromatic ring is 2. The molecule has 2 aliphatic rings. The summed E-state index contributed by atoms with van der Waals surface area (Å²) in [6, 6.07) is 0. The average molecular weight is 499 g/mol. The SMILES string of the molecule is COP(=O)(OC[C@@H]1CNC[C@H](n2cnc3c(=O)n(N)c(NN)nc32)O1)C1CCCCCCCC1. The van der Waals surface area contributed by atoms with Crippen molar-refractivity contribution in [3.8, 4) is 0 Å². The van der Waals surface area contributed by atoms with Crippen molar-refractivity contribution in [3.05, 3.63) is 16.7 Å². The summed E-state index contributed by atoms with van der Waals surface area (Å²) in [5, 5.41) is 3.29. The lowest BCUT2D eigenvalue weighted by Crippen LogP contribution is -2.44. The number of anilines is 1. The monoisotopic (exact) mass is 498 g/mol. The van der Waals surface area contributed by atoms with E-state index in [0.29, 0.717) is 18.7 Å². The number of fused-ring (bicyclic) bond motifs is 1. The molecule has 2 aromatic rings. The highest BCUT2D eigenvalue weighted by atomic mass is 31.2. The smallest absolute Gasteiger partial charge is 0.333 e. The molecule has 0 bridgehead atoms. The Labute approximate surface area is 198 Å². The van der Waals surface area contributed by atoms with Crippen LogP contribution in [0.2, 0.25) is 0 Å². The minimum Gasteiger partial charge on any atom is -0.350 e. The first-order valence-corrected chi connectivity index (χ1v) is 13.5. The average Bonchev–Trinajstić information content (AvgIpc) is 3.34. The van der Waals surface area contributed by atoms with Gasteiger partial charge in [-0.05, 0) is 12.8 Å². The number of nitrogens with one attached hydrogen (secondary N) is 2. The summed E-state index contributed by atoms with van der Waals surface area (Å²) in [4.78, 5) is 20.9. The number of ether oxygens (including phenoxy) is 1. The van der Waals surface area contributed by atoms with Crippen molar-refractivity contribution in [2.45, 2.75) is 69.4 Å². The zero-order valence-electron chi connectivity index (χ0n) is 19.5. The molecule has 2 fully saturated rings. The van der Waals surface area contributed by atoms with Crippen LogP contribution in [0.3, 0.4) is 0 Å². The minimum atomic E-state index is -3.27. The highest BCUT2D eigenvalue weighted by molar-refractivity contribution is 7.54. The van der Waals surface area contributed by atoms with E-state index in [2.05, 4.69) is 20.7 Å². The first-order valence-electron chi connectivity index (χ1n) is 11.8. The highest BCUT2D eigenvalue weighted by Crippen LogP contribution is 2.56. The number of hydrazine groups is 1. The molecule has 34 heavy (non-hydrogen) atoms. The number of hydrogen-bond acceptors (Lipinski definition) is 11. The molecule has 190 valence electrons. The Balaban J connectivity index is 1.45. The van der Waals surface area contributed by atoms with Gasteiger partial charge in [0, 0.05) is 20.2 Å². The van der Waals surface area contributed by atoms with Gasteiger partial charge in [-0.25, -0.2) is 10.8 Å². The van der Waals surface area contributed by atoms with E-state index in [-0.39, 0.29) is 29.8 Å². The van der Waals surface area contributed by atoms with Crippen LogP contribution >= 0.6 is 7.60 Å². The second-order valence-corrected chi connectivity index (χ2v) is 11.3. The largest absolute Gasteiger partial charge is 0.350 e. The third-order valence-corrected chi connectivity index (χ3v) is 9.00. The maximum atomic E-state index is 13.6. The molecular formula is C20H35N8O5P. The maximum Gasteiger partial charge on any atom is 0.333 e. The van der Waals surface area contributed by atoms with E-state index in [1.807, 2.05) is 0 Å². The van der Waals surface area contributed by atoms with Crippen molar-refractivity contribution in [2.24, 2.45) is 5.84 Å². The van der Waals surface area contributed by atoms with Crippen molar-refractivity contribution in [2.75, 3.05) is 38.1 Å². The molecule has 13 nitrogen and oxygen atoms in total. The topological polar surface area (TPSA) is 174 Å². The molecule has 6 N–H and O–H groups in total. The number of imidazole rings is 1. The van der Waals surface area contributed by atoms with E-state index in [0.717, 1.165) is 43.2 Å². The Morgan fingerprint density at radius 1 is 1.24 bits per heavy atom. The van der Waals surface area contributed by atoms with Gasteiger partial charge in [0.2, 0.25) is 5.95 Å². The molecule has 3 heterocycles. The van der Waals surface area contributed by atoms with E-state index in [4.69, 9.17) is 25.5 Å². The predicted octanol–water partition coefficient (Wildman–Crippen LogP) is 1.44. The number of hydrogen-bond donors (Lipinski definition) is 4. The van der Waals surface area contributed by atoms with E-state index >= 15 is 0 Å². The summed E-state index contributed by atoms with van der Waals surface area (Å²) >= 11 is 0. The van der Waals surface area contributed by atoms with Gasteiger partial charge in [-0.2, -0.15) is 9.66 Å². The molecule has 14 heteroatoms. The third-order valence-electron chi connectivity index (χ3n) is 6.58. The summed E-state index contributed by atoms with van der Waals surface area (Å²) in [6.07, 6.45) is 9.13. The Bertz CT molecular complexity index is 1070. The van der Waals surface area contributed by atoms with E-state index in [9.17, 15) is 9.36 Å². The van der Waals surface area contributed by atoms with Crippen LogP contribution < -0.4 is 28.0 Å². The molecule has 0 radical (unpaired) electrons. The molecule has 1 aliphatic carbocycles. The summed E-state index contributed by atoms with van der Waals surface area (Å²) in [7, 11) is -1.80. The van der Waals surface area contributed by atoms with Crippen molar-refractivity contribution >= 4 is 24.7 Å². The molecule has 1 saturated heterocycles. The van der Waals surface area contributed by atoms with E-state index < -0.39 is 19.4 Å². The number of aromatic nitrogens is 4. The van der Waals surface area contributed by atoms with Crippen molar-refractivity contribution < 1.29 is 18.3 Å². The van der Waals surface area contributed by atoms with Crippen LogP contribution in [-0.4, -0.2) is 57.8 Å². The molecule has 0 aromatic carbocycles. The van der Waals surface area contributed by atoms with Gasteiger partial charge in [-0.3, -0.25) is 19.4 Å². The van der Waals surface area contributed by atoms with Gasteiger partial charge in [-0.15, -0.1) is 0 Å². The van der Waals surface area contributed by atoms with E-state index in [1.54, 1.807) is 4.57 Å². The van der Waals surface area contributed by atoms with Crippen LogP contribution in [0.25, 0.3) is 11.2 Å². The third kappa shape index (κ3) is 5.29. The van der Waals surface area contributed by atoms with Crippen molar-refractivity contribution in [1.82, 2.24) is 24.5 Å². The predicted molar refractivity (Wildman–Crippen MR) is 128 cm³/mol. The first kappa shape index (κ1) is 25.1. The number of nitrogens with zero attached hydrogens (tertiary/aromatic N) is 4. The van der Waals surface area contributed by atoms with Gasteiger partial charge in [-0.1, -0.05) is 38.5 Å². The Morgan fingerprint density at radius 3 is 2.62 bits per heavy atom. The Morgan fingerprint density at radius 2 is 1.94 bits per heavy atom. The number of rotatable bonds is 7. The van der Waals surface area contributed by atoms with Crippen LogP contribution in [0.4, 0.5) is 5.95 Å². The van der Waals surface area contributed by atoms with Crippen molar-refractivity contribution in [1.29, 1.82) is 0 Å². The summed E-state index contributed by atoms with van der Waals surface area (Å²) in [6.45, 7) is 1.11. The Hall–Kier alpha value is -2.02. The molecule has 0 amide bonds. The standard InChI is InChI=1S/C20H35N8O5P/c1-31-34(30,15-8-6-4-2-3-5-7-9-15)32-12-14-10-23-11-16(33-14)27-13-24-17-18(27)25-20(26-21)28(22)19(17)29/h13-16,23H,2-12,21-22H2,1H3,(H,25,26)/t14-,16+,34?/m0/s1. The quantitative estimate of drug-likeness (QED) is 0.247. The molecule has 1 unspecified atom stereocenters. The molecule has 4 rings (SSSR count). The first-order chi connectivity index (χ1) is 16.5. The normalized spacial score (nSPS) is 24.8. The lowest BCUT2D eigenvalue weighted by molar-refractivity contribution is -0.0910. The number of morpholine rings is 1. The van der Waals surface area contributed by atoms with Crippen LogP contribution in [0.15, 0.2) is 11.1 Å². The molecule has 1 aliphatic heterocycles. The molecule has 0 spiro atoms. The molecule has 3 atom stereocenters. The van der Waals surface area contributed by atoms with Crippen LogP contribution in [0.1, 0.15) is 57.6 Å². The molecule has 2 aromatic heterocycles. The fourth-order valence-electron chi connectivity index (χ4n) is 4.66. The second-order valence-electron chi connectivity index (χ2n) is 8.82. The fraction of sp³-hybridized carbons (Fsp3) is 0.750. The van der Waals surface area contributed by atoms with Crippen LogP contribution in [0, 0.1) is 0 Å². The van der Waals surface area contributed by atoms with Gasteiger partial charge in [0.1, 0.15) is 6.23 Å². The fourth-order valence-corrected chi connectivity index (χ4v) is 6.65. The van der Waals surface area contributed by atoms with Crippen LogP contribution in [0.5, 0.6) is 0 Å². The zero-order valence-corrected chi connectivity index (χ0v) is 20.4. The lowest BCUT2D eigenvalue weighted by Gasteiger charge is -2.33.